The molecular weight excluding hydrogens is 345 g/mol. The maximum Gasteiger partial charge on any atom is 0.228 e. The largest absolute Gasteiger partial charge is 0.356 e. The lowest BCUT2D eigenvalue weighted by Gasteiger charge is -2.07. The van der Waals surface area contributed by atoms with Gasteiger partial charge < -0.3 is 10.6 Å². The molecule has 1 aliphatic rings. The van der Waals surface area contributed by atoms with Crippen LogP contribution in [0.4, 0.5) is 18.9 Å². The van der Waals surface area contributed by atoms with E-state index in [9.17, 15) is 22.8 Å². The minimum atomic E-state index is -1.05. The highest BCUT2D eigenvalue weighted by atomic mass is 19.2. The van der Waals surface area contributed by atoms with Crippen molar-refractivity contribution in [2.75, 3.05) is 11.9 Å². The number of nitrogens with one attached hydrogen (secondary N) is 2. The van der Waals surface area contributed by atoms with E-state index in [1.165, 1.54) is 18.2 Å². The van der Waals surface area contributed by atoms with Crippen molar-refractivity contribution in [1.82, 2.24) is 5.32 Å². The zero-order valence-electron chi connectivity index (χ0n) is 13.8. The molecule has 2 unspecified atom stereocenters. The first-order chi connectivity index (χ1) is 12.4. The van der Waals surface area contributed by atoms with Gasteiger partial charge in [-0.2, -0.15) is 0 Å². The highest BCUT2D eigenvalue weighted by Gasteiger charge is 2.47. The Morgan fingerprint density at radius 2 is 1.62 bits per heavy atom. The van der Waals surface area contributed by atoms with E-state index >= 15 is 0 Å². The summed E-state index contributed by atoms with van der Waals surface area (Å²) >= 11 is 0. The van der Waals surface area contributed by atoms with Gasteiger partial charge in [0.2, 0.25) is 11.8 Å². The molecule has 2 aromatic rings. The van der Waals surface area contributed by atoms with E-state index in [0.717, 1.165) is 17.7 Å². The number of hydrogen-bond acceptors (Lipinski definition) is 2. The maximum atomic E-state index is 13.1. The van der Waals surface area contributed by atoms with Gasteiger partial charge in [-0.15, -0.1) is 0 Å². The van der Waals surface area contributed by atoms with Crippen molar-refractivity contribution >= 4 is 17.5 Å². The minimum absolute atomic E-state index is 0.149. The first kappa shape index (κ1) is 18.0. The second kappa shape index (κ2) is 7.59. The summed E-state index contributed by atoms with van der Waals surface area (Å²) < 4.78 is 38.8. The first-order valence-corrected chi connectivity index (χ1v) is 8.22. The standard InChI is InChI=1S/C19H17F3N2O2/c20-12-3-1-11(2-4-12)7-8-23-18(25)14-10-15(14)19(26)24-13-5-6-16(21)17(22)9-13/h1-6,9,14-15H,7-8,10H2,(H,23,25)(H,24,26). The first-order valence-electron chi connectivity index (χ1n) is 8.22. The molecule has 2 amide bonds. The monoisotopic (exact) mass is 362 g/mol. The summed E-state index contributed by atoms with van der Waals surface area (Å²) in [5, 5.41) is 5.23. The van der Waals surface area contributed by atoms with Gasteiger partial charge >= 0.3 is 0 Å². The average molecular weight is 362 g/mol. The number of hydrogen-bond donors (Lipinski definition) is 2. The van der Waals surface area contributed by atoms with E-state index in [-0.39, 0.29) is 17.4 Å². The molecule has 1 fully saturated rings. The van der Waals surface area contributed by atoms with Gasteiger partial charge in [0.1, 0.15) is 5.82 Å². The Balaban J connectivity index is 1.43. The van der Waals surface area contributed by atoms with Crippen LogP contribution >= 0.6 is 0 Å². The van der Waals surface area contributed by atoms with Gasteiger partial charge in [0.15, 0.2) is 11.6 Å². The van der Waals surface area contributed by atoms with Crippen LogP contribution < -0.4 is 10.6 Å². The van der Waals surface area contributed by atoms with Crippen LogP contribution in [0.2, 0.25) is 0 Å². The van der Waals surface area contributed by atoms with Crippen LogP contribution in [-0.4, -0.2) is 18.4 Å². The number of benzene rings is 2. The summed E-state index contributed by atoms with van der Waals surface area (Å²) in [6.07, 6.45) is 0.975. The zero-order chi connectivity index (χ0) is 18.7. The Hall–Kier alpha value is -2.83. The van der Waals surface area contributed by atoms with Gasteiger partial charge in [-0.1, -0.05) is 12.1 Å². The molecule has 26 heavy (non-hydrogen) atoms. The highest BCUT2D eigenvalue weighted by molar-refractivity contribution is 5.99. The smallest absolute Gasteiger partial charge is 0.228 e. The molecule has 0 radical (unpaired) electrons. The number of halogens is 3. The summed E-state index contributed by atoms with van der Waals surface area (Å²) in [5.41, 5.74) is 1.05. The second-order valence-corrected chi connectivity index (χ2v) is 6.23. The molecule has 136 valence electrons. The van der Waals surface area contributed by atoms with E-state index < -0.39 is 29.4 Å². The third kappa shape index (κ3) is 4.41. The predicted molar refractivity (Wildman–Crippen MR) is 89.7 cm³/mol. The van der Waals surface area contributed by atoms with Crippen molar-refractivity contribution in [3.8, 4) is 0 Å². The van der Waals surface area contributed by atoms with E-state index in [4.69, 9.17) is 0 Å². The van der Waals surface area contributed by atoms with E-state index in [1.54, 1.807) is 12.1 Å². The lowest BCUT2D eigenvalue weighted by molar-refractivity contribution is -0.125. The Labute approximate surface area is 148 Å². The van der Waals surface area contributed by atoms with Crippen LogP contribution in [0, 0.1) is 29.3 Å². The Morgan fingerprint density at radius 3 is 2.31 bits per heavy atom. The lowest BCUT2D eigenvalue weighted by Crippen LogP contribution is -2.29. The molecule has 7 heteroatoms. The zero-order valence-corrected chi connectivity index (χ0v) is 13.8. The van der Waals surface area contributed by atoms with E-state index in [2.05, 4.69) is 10.6 Å². The quantitative estimate of drug-likeness (QED) is 0.830. The molecule has 0 aliphatic heterocycles. The van der Waals surface area contributed by atoms with Crippen molar-refractivity contribution in [1.29, 1.82) is 0 Å². The van der Waals surface area contributed by atoms with Gasteiger partial charge in [-0.3, -0.25) is 9.59 Å². The molecule has 2 N–H and O–H groups in total. The summed E-state index contributed by atoms with van der Waals surface area (Å²) in [6, 6.07) is 9.10. The molecule has 0 saturated heterocycles. The molecule has 2 aromatic carbocycles. The van der Waals surface area contributed by atoms with Crippen LogP contribution in [0.3, 0.4) is 0 Å². The van der Waals surface area contributed by atoms with Crippen LogP contribution in [0.1, 0.15) is 12.0 Å². The summed E-state index contributed by atoms with van der Waals surface area (Å²) in [5.74, 6) is -3.87. The van der Waals surface area contributed by atoms with Gasteiger partial charge in [-0.05, 0) is 42.7 Å². The second-order valence-electron chi connectivity index (χ2n) is 6.23. The molecule has 3 rings (SSSR count). The molecule has 1 saturated carbocycles. The number of anilines is 1. The summed E-state index contributed by atoms with van der Waals surface area (Å²) in [4.78, 5) is 24.1. The number of rotatable bonds is 6. The molecule has 1 aliphatic carbocycles. The fourth-order valence-corrected chi connectivity index (χ4v) is 2.70. The predicted octanol–water partition coefficient (Wildman–Crippen LogP) is 3.04. The number of amides is 2. The van der Waals surface area contributed by atoms with Crippen molar-refractivity contribution < 1.29 is 22.8 Å². The van der Waals surface area contributed by atoms with Crippen molar-refractivity contribution in [3.05, 3.63) is 65.5 Å². The van der Waals surface area contributed by atoms with Crippen molar-refractivity contribution in [2.24, 2.45) is 11.8 Å². The minimum Gasteiger partial charge on any atom is -0.356 e. The molecule has 0 bridgehead atoms. The van der Waals surface area contributed by atoms with Gasteiger partial charge in [-0.25, -0.2) is 13.2 Å². The molecule has 4 nitrogen and oxygen atoms in total. The third-order valence-electron chi connectivity index (χ3n) is 4.28. The molecule has 0 spiro atoms. The Morgan fingerprint density at radius 1 is 0.923 bits per heavy atom. The molecule has 0 aromatic heterocycles. The fourth-order valence-electron chi connectivity index (χ4n) is 2.70. The molecule has 0 heterocycles. The topological polar surface area (TPSA) is 58.2 Å². The SMILES string of the molecule is O=C(NCCc1ccc(F)cc1)C1CC1C(=O)Nc1ccc(F)c(F)c1. The number of carbonyl (C=O) groups excluding carboxylic acids is 2. The van der Waals surface area contributed by atoms with Gasteiger partial charge in [0.25, 0.3) is 0 Å². The van der Waals surface area contributed by atoms with E-state index in [1.807, 2.05) is 0 Å². The number of carbonyl (C=O) groups is 2. The summed E-state index contributed by atoms with van der Waals surface area (Å²) in [7, 11) is 0. The maximum absolute atomic E-state index is 13.1. The highest BCUT2D eigenvalue weighted by Crippen LogP contribution is 2.39. The molecular formula is C19H17F3N2O2. The fraction of sp³-hybridized carbons (Fsp3) is 0.263. The normalized spacial score (nSPS) is 18.3. The van der Waals surface area contributed by atoms with E-state index in [0.29, 0.717) is 19.4 Å². The van der Waals surface area contributed by atoms with Crippen LogP contribution in [0.25, 0.3) is 0 Å². The van der Waals surface area contributed by atoms with Crippen molar-refractivity contribution in [3.63, 3.8) is 0 Å². The van der Waals surface area contributed by atoms with Gasteiger partial charge in [0.05, 0.1) is 11.8 Å². The third-order valence-corrected chi connectivity index (χ3v) is 4.28. The lowest BCUT2D eigenvalue weighted by atomic mass is 10.1. The Bertz CT molecular complexity index is 824. The Kier molecular flexibility index (Phi) is 5.25. The summed E-state index contributed by atoms with van der Waals surface area (Å²) in [6.45, 7) is 0.387. The molecule has 2 atom stereocenters. The van der Waals surface area contributed by atoms with Crippen LogP contribution in [0.15, 0.2) is 42.5 Å². The van der Waals surface area contributed by atoms with Gasteiger partial charge in [0, 0.05) is 18.3 Å². The van der Waals surface area contributed by atoms with Crippen LogP contribution in [-0.2, 0) is 16.0 Å². The van der Waals surface area contributed by atoms with Crippen molar-refractivity contribution in [2.45, 2.75) is 12.8 Å². The van der Waals surface area contributed by atoms with Crippen LogP contribution in [0.5, 0.6) is 0 Å². The average Bonchev–Trinajstić information content (AvgIpc) is 3.41.